The maximum atomic E-state index is 13.5. The molecule has 29 heavy (non-hydrogen) atoms. The zero-order chi connectivity index (χ0) is 21.2. The Morgan fingerprint density at radius 3 is 2.14 bits per heavy atom. The van der Waals surface area contributed by atoms with Crippen LogP contribution in [0.4, 0.5) is 4.39 Å². The maximum absolute atomic E-state index is 13.5. The smallest absolute Gasteiger partial charge is 0.306 e. The van der Waals surface area contributed by atoms with Gasteiger partial charge in [0.05, 0.1) is 6.26 Å². The van der Waals surface area contributed by atoms with E-state index in [1.54, 1.807) is 0 Å². The summed E-state index contributed by atoms with van der Waals surface area (Å²) in [6, 6.07) is 14.8. The molecule has 3 rings (SSSR count). The number of ketones is 2. The van der Waals surface area contributed by atoms with Crippen LogP contribution in [-0.2, 0) is 10.1 Å². The predicted octanol–water partition coefficient (Wildman–Crippen LogP) is 4.28. The first-order valence-electron chi connectivity index (χ1n) is 8.28. The standard InChI is InChI=1S/C21H14ClFO5S/c1-29(26,27)28-17-8-5-13(6-9-17)20(24)18-10-7-15(22)12-19(18)21(25)14-3-2-4-16(23)11-14/h2-12H,1H3. The molecule has 0 aromatic heterocycles. The Balaban J connectivity index is 1.98. The van der Waals surface area contributed by atoms with E-state index in [2.05, 4.69) is 0 Å². The molecule has 0 unspecified atom stereocenters. The van der Waals surface area contributed by atoms with Gasteiger partial charge in [-0.1, -0.05) is 23.7 Å². The van der Waals surface area contributed by atoms with Crippen LogP contribution in [0.3, 0.4) is 0 Å². The van der Waals surface area contributed by atoms with E-state index in [0.717, 1.165) is 12.3 Å². The number of hydrogen-bond acceptors (Lipinski definition) is 5. The normalized spacial score (nSPS) is 11.1. The van der Waals surface area contributed by atoms with Gasteiger partial charge < -0.3 is 4.18 Å². The molecule has 0 heterocycles. The summed E-state index contributed by atoms with van der Waals surface area (Å²) >= 11 is 6.00. The minimum absolute atomic E-state index is 0.0320. The van der Waals surface area contributed by atoms with Gasteiger partial charge in [0.15, 0.2) is 11.6 Å². The minimum Gasteiger partial charge on any atom is -0.383 e. The molecule has 0 saturated carbocycles. The molecule has 0 atom stereocenters. The van der Waals surface area contributed by atoms with Crippen LogP contribution in [0, 0.1) is 5.82 Å². The number of carbonyl (C=O) groups is 2. The molecule has 0 radical (unpaired) electrons. The Labute approximate surface area is 171 Å². The highest BCUT2D eigenvalue weighted by molar-refractivity contribution is 7.86. The molecule has 3 aromatic rings. The van der Waals surface area contributed by atoms with Crippen LogP contribution in [0.15, 0.2) is 66.7 Å². The molecule has 5 nitrogen and oxygen atoms in total. The first kappa shape index (κ1) is 20.7. The number of carbonyl (C=O) groups excluding carboxylic acids is 2. The third kappa shape index (κ3) is 5.07. The quantitative estimate of drug-likeness (QED) is 0.429. The van der Waals surface area contributed by atoms with Crippen LogP contribution in [0.25, 0.3) is 0 Å². The lowest BCUT2D eigenvalue weighted by atomic mass is 9.93. The van der Waals surface area contributed by atoms with Gasteiger partial charge in [0.25, 0.3) is 0 Å². The minimum atomic E-state index is -3.69. The highest BCUT2D eigenvalue weighted by Crippen LogP contribution is 2.24. The van der Waals surface area contributed by atoms with E-state index in [1.807, 2.05) is 0 Å². The van der Waals surface area contributed by atoms with Crippen molar-refractivity contribution in [3.63, 3.8) is 0 Å². The summed E-state index contributed by atoms with van der Waals surface area (Å²) in [5.41, 5.74) is 0.407. The lowest BCUT2D eigenvalue weighted by molar-refractivity contribution is 0.100. The number of benzene rings is 3. The van der Waals surface area contributed by atoms with Gasteiger partial charge in [0.1, 0.15) is 11.6 Å². The number of rotatable bonds is 6. The first-order valence-corrected chi connectivity index (χ1v) is 10.5. The summed E-state index contributed by atoms with van der Waals surface area (Å²) in [5, 5.41) is 0.248. The van der Waals surface area contributed by atoms with E-state index in [-0.39, 0.29) is 33.0 Å². The third-order valence-electron chi connectivity index (χ3n) is 3.92. The van der Waals surface area contributed by atoms with Crippen LogP contribution in [0.2, 0.25) is 5.02 Å². The van der Waals surface area contributed by atoms with E-state index >= 15 is 0 Å². The van der Waals surface area contributed by atoms with Crippen molar-refractivity contribution >= 4 is 33.3 Å². The molecule has 0 spiro atoms. The van der Waals surface area contributed by atoms with Crippen LogP contribution >= 0.6 is 11.6 Å². The maximum Gasteiger partial charge on any atom is 0.306 e. The Kier molecular flexibility index (Phi) is 5.81. The topological polar surface area (TPSA) is 77.5 Å². The zero-order valence-corrected chi connectivity index (χ0v) is 16.6. The monoisotopic (exact) mass is 432 g/mol. The second-order valence-corrected chi connectivity index (χ2v) is 8.18. The number of hydrogen-bond donors (Lipinski definition) is 0. The molecule has 0 aliphatic rings. The average Bonchev–Trinajstić information content (AvgIpc) is 2.66. The molecular weight excluding hydrogens is 419 g/mol. The van der Waals surface area contributed by atoms with Crippen molar-refractivity contribution in [1.82, 2.24) is 0 Å². The molecule has 8 heteroatoms. The number of halogens is 2. The predicted molar refractivity (Wildman–Crippen MR) is 107 cm³/mol. The molecule has 0 N–H and O–H groups in total. The third-order valence-corrected chi connectivity index (χ3v) is 4.65. The van der Waals surface area contributed by atoms with Crippen molar-refractivity contribution in [2.75, 3.05) is 6.26 Å². The highest BCUT2D eigenvalue weighted by atomic mass is 35.5. The van der Waals surface area contributed by atoms with Crippen molar-refractivity contribution in [3.8, 4) is 5.75 Å². The van der Waals surface area contributed by atoms with Gasteiger partial charge in [0, 0.05) is 27.3 Å². The second-order valence-electron chi connectivity index (χ2n) is 6.17. The Bertz CT molecular complexity index is 1200. The van der Waals surface area contributed by atoms with Crippen LogP contribution in [0.5, 0.6) is 5.75 Å². The molecular formula is C21H14ClFO5S. The zero-order valence-electron chi connectivity index (χ0n) is 15.1. The highest BCUT2D eigenvalue weighted by Gasteiger charge is 2.21. The van der Waals surface area contributed by atoms with E-state index in [1.165, 1.54) is 60.7 Å². The van der Waals surface area contributed by atoms with Crippen LogP contribution < -0.4 is 4.18 Å². The Morgan fingerprint density at radius 1 is 0.862 bits per heavy atom. The van der Waals surface area contributed by atoms with Crippen molar-refractivity contribution in [3.05, 3.63) is 99.8 Å². The SMILES string of the molecule is CS(=O)(=O)Oc1ccc(C(=O)c2ccc(Cl)cc2C(=O)c2cccc(F)c2)cc1. The summed E-state index contributed by atoms with van der Waals surface area (Å²) in [7, 11) is -3.69. The molecule has 0 amide bonds. The largest absolute Gasteiger partial charge is 0.383 e. The Morgan fingerprint density at radius 2 is 1.52 bits per heavy atom. The summed E-state index contributed by atoms with van der Waals surface area (Å²) in [6.45, 7) is 0. The second kappa shape index (κ2) is 8.14. The lowest BCUT2D eigenvalue weighted by Crippen LogP contribution is -2.11. The fourth-order valence-electron chi connectivity index (χ4n) is 2.68. The average molecular weight is 433 g/mol. The first-order chi connectivity index (χ1) is 13.6. The molecule has 0 aliphatic heterocycles. The fourth-order valence-corrected chi connectivity index (χ4v) is 3.31. The summed E-state index contributed by atoms with van der Waals surface area (Å²) in [6.07, 6.45) is 0.907. The van der Waals surface area contributed by atoms with Crippen LogP contribution in [0.1, 0.15) is 31.8 Å². The Hall–Kier alpha value is -3.03. The molecule has 3 aromatic carbocycles. The van der Waals surface area contributed by atoms with Gasteiger partial charge >= 0.3 is 10.1 Å². The van der Waals surface area contributed by atoms with Crippen molar-refractivity contribution < 1.29 is 26.6 Å². The molecule has 148 valence electrons. The summed E-state index contributed by atoms with van der Waals surface area (Å²) < 4.78 is 40.6. The van der Waals surface area contributed by atoms with E-state index < -0.39 is 27.5 Å². The van der Waals surface area contributed by atoms with Gasteiger partial charge in [-0.05, 0) is 54.6 Å². The van der Waals surface area contributed by atoms with Gasteiger partial charge in [-0.3, -0.25) is 9.59 Å². The van der Waals surface area contributed by atoms with Crippen molar-refractivity contribution in [2.45, 2.75) is 0 Å². The van der Waals surface area contributed by atoms with E-state index in [0.29, 0.717) is 0 Å². The molecule has 0 bridgehead atoms. The molecule has 0 fully saturated rings. The molecule has 0 aliphatic carbocycles. The van der Waals surface area contributed by atoms with Gasteiger partial charge in [-0.25, -0.2) is 4.39 Å². The molecule has 0 saturated heterocycles. The van der Waals surface area contributed by atoms with Crippen molar-refractivity contribution in [1.29, 1.82) is 0 Å². The van der Waals surface area contributed by atoms with Gasteiger partial charge in [-0.15, -0.1) is 0 Å². The lowest BCUT2D eigenvalue weighted by Gasteiger charge is -2.10. The fraction of sp³-hybridized carbons (Fsp3) is 0.0476. The van der Waals surface area contributed by atoms with Gasteiger partial charge in [0.2, 0.25) is 0 Å². The summed E-state index contributed by atoms with van der Waals surface area (Å²) in [5.74, 6) is -1.55. The van der Waals surface area contributed by atoms with E-state index in [4.69, 9.17) is 15.8 Å². The van der Waals surface area contributed by atoms with Crippen molar-refractivity contribution in [2.24, 2.45) is 0 Å². The summed E-state index contributed by atoms with van der Waals surface area (Å²) in [4.78, 5) is 25.8. The van der Waals surface area contributed by atoms with E-state index in [9.17, 15) is 22.4 Å². The van der Waals surface area contributed by atoms with Crippen LogP contribution in [-0.4, -0.2) is 26.2 Å². The van der Waals surface area contributed by atoms with Gasteiger partial charge in [-0.2, -0.15) is 8.42 Å².